The van der Waals surface area contributed by atoms with Crippen LogP contribution in [0.3, 0.4) is 0 Å². The summed E-state index contributed by atoms with van der Waals surface area (Å²) in [6.45, 7) is 4.31. The molecule has 0 N–H and O–H groups in total. The number of rotatable bonds is 4. The molecule has 25 heavy (non-hydrogen) atoms. The Labute approximate surface area is 146 Å². The van der Waals surface area contributed by atoms with Gasteiger partial charge in [-0.25, -0.2) is 4.98 Å². The van der Waals surface area contributed by atoms with E-state index in [9.17, 15) is 0 Å². The summed E-state index contributed by atoms with van der Waals surface area (Å²) in [7, 11) is 1.65. The Morgan fingerprint density at radius 1 is 1.04 bits per heavy atom. The van der Waals surface area contributed by atoms with E-state index in [0.29, 0.717) is 11.8 Å². The van der Waals surface area contributed by atoms with Crippen molar-refractivity contribution in [1.29, 1.82) is 0 Å². The molecular formula is C20H19N3O2. The highest BCUT2D eigenvalue weighted by Gasteiger charge is 2.24. The van der Waals surface area contributed by atoms with Crippen LogP contribution in [0, 0.1) is 5.92 Å². The molecule has 0 amide bonds. The molecule has 0 bridgehead atoms. The molecule has 1 unspecified atom stereocenters. The highest BCUT2D eigenvalue weighted by molar-refractivity contribution is 5.67. The van der Waals surface area contributed by atoms with Gasteiger partial charge in [0.05, 0.1) is 12.8 Å². The van der Waals surface area contributed by atoms with Gasteiger partial charge in [0, 0.05) is 16.7 Å². The Kier molecular flexibility index (Phi) is 3.84. The van der Waals surface area contributed by atoms with Crippen molar-refractivity contribution in [2.24, 2.45) is 16.1 Å². The topological polar surface area (TPSA) is 60.0 Å². The second kappa shape index (κ2) is 6.16. The fourth-order valence-corrected chi connectivity index (χ4v) is 2.99. The molecule has 5 nitrogen and oxygen atoms in total. The van der Waals surface area contributed by atoms with Crippen LogP contribution >= 0.6 is 0 Å². The summed E-state index contributed by atoms with van der Waals surface area (Å²) in [6, 6.07) is 14.0. The molecule has 1 aromatic heterocycles. The van der Waals surface area contributed by atoms with Crippen LogP contribution in [-0.4, -0.2) is 12.1 Å². The molecule has 0 saturated carbocycles. The van der Waals surface area contributed by atoms with Gasteiger partial charge < -0.3 is 9.15 Å². The van der Waals surface area contributed by atoms with Crippen LogP contribution in [0.5, 0.6) is 5.75 Å². The summed E-state index contributed by atoms with van der Waals surface area (Å²) in [6.07, 6.45) is 1.67. The van der Waals surface area contributed by atoms with E-state index in [4.69, 9.17) is 9.15 Å². The average Bonchev–Trinajstić information content (AvgIpc) is 3.28. The predicted molar refractivity (Wildman–Crippen MR) is 96.0 cm³/mol. The molecule has 2 aromatic carbocycles. The van der Waals surface area contributed by atoms with Gasteiger partial charge in [-0.2, -0.15) is 10.2 Å². The summed E-state index contributed by atoms with van der Waals surface area (Å²) in [5.74, 6) is 1.83. The molecule has 126 valence electrons. The second-order valence-electron chi connectivity index (χ2n) is 6.44. The standard InChI is InChI=1S/C20H19N3O2/c1-12(2)19-16-9-6-14(10-17(16)22-23-19)20-21-18(11-25-20)13-4-7-15(24-3)8-5-13/h4-12,19H,1-3H3. The Hall–Kier alpha value is -2.95. The Morgan fingerprint density at radius 3 is 2.52 bits per heavy atom. The van der Waals surface area contributed by atoms with Gasteiger partial charge in [0.15, 0.2) is 0 Å². The number of oxazole rings is 1. The predicted octanol–water partition coefficient (Wildman–Crippen LogP) is 5.81. The third-order valence-electron chi connectivity index (χ3n) is 4.41. The van der Waals surface area contributed by atoms with Gasteiger partial charge in [0.25, 0.3) is 0 Å². The van der Waals surface area contributed by atoms with Crippen molar-refractivity contribution >= 4 is 5.69 Å². The zero-order chi connectivity index (χ0) is 17.4. The molecule has 0 fully saturated rings. The number of hydrogen-bond acceptors (Lipinski definition) is 5. The quantitative estimate of drug-likeness (QED) is 0.605. The molecule has 4 rings (SSSR count). The van der Waals surface area contributed by atoms with Crippen LogP contribution in [0.2, 0.25) is 0 Å². The van der Waals surface area contributed by atoms with Crippen molar-refractivity contribution in [3.05, 3.63) is 54.3 Å². The monoisotopic (exact) mass is 333 g/mol. The molecule has 0 spiro atoms. The van der Waals surface area contributed by atoms with Crippen molar-refractivity contribution in [1.82, 2.24) is 4.98 Å². The minimum Gasteiger partial charge on any atom is -0.497 e. The van der Waals surface area contributed by atoms with Gasteiger partial charge in [0.2, 0.25) is 5.89 Å². The van der Waals surface area contributed by atoms with Gasteiger partial charge in [-0.05, 0) is 42.3 Å². The highest BCUT2D eigenvalue weighted by atomic mass is 16.5. The van der Waals surface area contributed by atoms with E-state index in [1.165, 1.54) is 5.56 Å². The van der Waals surface area contributed by atoms with E-state index in [2.05, 4.69) is 35.1 Å². The third kappa shape index (κ3) is 2.82. The van der Waals surface area contributed by atoms with E-state index in [1.54, 1.807) is 13.4 Å². The van der Waals surface area contributed by atoms with E-state index in [1.807, 2.05) is 36.4 Å². The smallest absolute Gasteiger partial charge is 0.226 e. The van der Waals surface area contributed by atoms with Crippen LogP contribution < -0.4 is 4.74 Å². The number of aromatic nitrogens is 1. The van der Waals surface area contributed by atoms with Gasteiger partial charge in [-0.1, -0.05) is 19.9 Å². The van der Waals surface area contributed by atoms with Crippen molar-refractivity contribution in [3.8, 4) is 28.5 Å². The fourth-order valence-electron chi connectivity index (χ4n) is 2.99. The first-order valence-electron chi connectivity index (χ1n) is 8.31. The number of hydrogen-bond donors (Lipinski definition) is 0. The van der Waals surface area contributed by atoms with Gasteiger partial charge in [0.1, 0.15) is 23.7 Å². The van der Waals surface area contributed by atoms with Gasteiger partial charge in [-0.3, -0.25) is 0 Å². The van der Waals surface area contributed by atoms with Crippen LogP contribution in [0.25, 0.3) is 22.7 Å². The Morgan fingerprint density at radius 2 is 1.80 bits per heavy atom. The summed E-state index contributed by atoms with van der Waals surface area (Å²) in [5.41, 5.74) is 4.75. The number of azo groups is 1. The first-order chi connectivity index (χ1) is 12.2. The molecule has 1 aliphatic rings. The van der Waals surface area contributed by atoms with Crippen LogP contribution in [-0.2, 0) is 0 Å². The molecule has 0 saturated heterocycles. The minimum atomic E-state index is 0.142. The lowest BCUT2D eigenvalue weighted by molar-refractivity contribution is 0.415. The summed E-state index contributed by atoms with van der Waals surface area (Å²) in [4.78, 5) is 4.61. The fraction of sp³-hybridized carbons (Fsp3) is 0.250. The van der Waals surface area contributed by atoms with Crippen molar-refractivity contribution < 1.29 is 9.15 Å². The summed E-state index contributed by atoms with van der Waals surface area (Å²) >= 11 is 0. The largest absolute Gasteiger partial charge is 0.497 e. The van der Waals surface area contributed by atoms with E-state index in [0.717, 1.165) is 28.3 Å². The molecule has 5 heteroatoms. The summed E-state index contributed by atoms with van der Waals surface area (Å²) < 4.78 is 10.9. The lowest BCUT2D eigenvalue weighted by Gasteiger charge is -2.11. The Balaban J connectivity index is 1.63. The maximum Gasteiger partial charge on any atom is 0.226 e. The molecule has 1 atom stereocenters. The molecule has 2 heterocycles. The maximum absolute atomic E-state index is 5.68. The number of benzene rings is 2. The van der Waals surface area contributed by atoms with Crippen LogP contribution in [0.1, 0.15) is 25.5 Å². The highest BCUT2D eigenvalue weighted by Crippen LogP contribution is 2.41. The Bertz CT molecular complexity index is 926. The van der Waals surface area contributed by atoms with Crippen molar-refractivity contribution in [2.45, 2.75) is 19.9 Å². The lowest BCUT2D eigenvalue weighted by Crippen LogP contribution is -2.00. The number of ether oxygens (including phenoxy) is 1. The molecule has 3 aromatic rings. The summed E-state index contributed by atoms with van der Waals surface area (Å²) in [5, 5.41) is 8.68. The van der Waals surface area contributed by atoms with E-state index >= 15 is 0 Å². The first-order valence-corrected chi connectivity index (χ1v) is 8.31. The van der Waals surface area contributed by atoms with Crippen LogP contribution in [0.4, 0.5) is 5.69 Å². The zero-order valence-electron chi connectivity index (χ0n) is 14.4. The second-order valence-corrected chi connectivity index (χ2v) is 6.44. The average molecular weight is 333 g/mol. The maximum atomic E-state index is 5.68. The van der Waals surface area contributed by atoms with Crippen molar-refractivity contribution in [2.75, 3.05) is 7.11 Å². The molecule has 0 radical (unpaired) electrons. The van der Waals surface area contributed by atoms with Crippen LogP contribution in [0.15, 0.2) is 63.4 Å². The first kappa shape index (κ1) is 15.6. The number of nitrogens with zero attached hydrogens (tertiary/aromatic N) is 3. The molecule has 0 aliphatic carbocycles. The zero-order valence-corrected chi connectivity index (χ0v) is 14.4. The normalized spacial score (nSPS) is 15.6. The molecular weight excluding hydrogens is 314 g/mol. The van der Waals surface area contributed by atoms with Crippen molar-refractivity contribution in [3.63, 3.8) is 0 Å². The van der Waals surface area contributed by atoms with E-state index < -0.39 is 0 Å². The third-order valence-corrected chi connectivity index (χ3v) is 4.41. The van der Waals surface area contributed by atoms with E-state index in [-0.39, 0.29) is 6.04 Å². The minimum absolute atomic E-state index is 0.142. The number of fused-ring (bicyclic) bond motifs is 1. The van der Waals surface area contributed by atoms with Gasteiger partial charge in [-0.15, -0.1) is 0 Å². The molecule has 1 aliphatic heterocycles. The van der Waals surface area contributed by atoms with Gasteiger partial charge >= 0.3 is 0 Å². The SMILES string of the molecule is COc1ccc(-c2coc(-c3ccc4c(c3)N=NC4C(C)C)n2)cc1. The number of methoxy groups -OCH3 is 1. The lowest BCUT2D eigenvalue weighted by atomic mass is 9.95.